The third kappa shape index (κ3) is 3.64. The van der Waals surface area contributed by atoms with Crippen LogP contribution in [-0.4, -0.2) is 53.8 Å². The molecule has 7 nitrogen and oxygen atoms in total. The molecule has 2 saturated heterocycles. The highest BCUT2D eigenvalue weighted by atomic mass is 16.7. The van der Waals surface area contributed by atoms with E-state index in [1.807, 2.05) is 6.07 Å². The van der Waals surface area contributed by atoms with E-state index in [0.717, 1.165) is 44.8 Å². The minimum Gasteiger partial charge on any atom is -0.355 e. The fraction of sp³-hybridized carbons (Fsp3) is 0.526. The van der Waals surface area contributed by atoms with Crippen molar-refractivity contribution >= 4 is 11.8 Å². The lowest BCUT2D eigenvalue weighted by Crippen LogP contribution is -2.45. The topological polar surface area (TPSA) is 63.6 Å². The van der Waals surface area contributed by atoms with Gasteiger partial charge in [0.05, 0.1) is 19.4 Å². The highest BCUT2D eigenvalue weighted by Crippen LogP contribution is 2.32. The lowest BCUT2D eigenvalue weighted by molar-refractivity contribution is -0.169. The summed E-state index contributed by atoms with van der Waals surface area (Å²) < 4.78 is 11.6. The number of hydrogen-bond acceptors (Lipinski definition) is 7. The van der Waals surface area contributed by atoms with Crippen LogP contribution in [0.4, 0.5) is 11.8 Å². The standard InChI is InChI=1S/C19H25N5O2/c1-2-23(15-16-6-4-3-5-7-16)18-21-17(14-20-22-18)24-10-8-19(9-11-24)25-12-13-26-19/h3-7,14H,2,8-13,15H2,1H3. The third-order valence-electron chi connectivity index (χ3n) is 5.08. The minimum absolute atomic E-state index is 0.372. The van der Waals surface area contributed by atoms with Gasteiger partial charge < -0.3 is 19.3 Å². The third-order valence-corrected chi connectivity index (χ3v) is 5.08. The molecule has 4 rings (SSSR count). The molecule has 0 N–H and O–H groups in total. The predicted octanol–water partition coefficient (Wildman–Crippen LogP) is 2.24. The second-order valence-electron chi connectivity index (χ2n) is 6.71. The van der Waals surface area contributed by atoms with Gasteiger partial charge in [-0.1, -0.05) is 30.3 Å². The molecular formula is C19H25N5O2. The number of anilines is 2. The normalized spacial score (nSPS) is 19.0. The Hall–Kier alpha value is -2.25. The molecule has 0 atom stereocenters. The average molecular weight is 355 g/mol. The lowest BCUT2D eigenvalue weighted by atomic mass is 10.0. The molecule has 2 fully saturated rings. The molecule has 0 saturated carbocycles. The molecule has 7 heteroatoms. The quantitative estimate of drug-likeness (QED) is 0.815. The van der Waals surface area contributed by atoms with Crippen LogP contribution >= 0.6 is 0 Å². The molecule has 2 aliphatic rings. The van der Waals surface area contributed by atoms with Crippen LogP contribution in [0.25, 0.3) is 0 Å². The maximum absolute atomic E-state index is 5.81. The molecule has 3 heterocycles. The van der Waals surface area contributed by atoms with E-state index in [9.17, 15) is 0 Å². The first-order valence-electron chi connectivity index (χ1n) is 9.29. The molecule has 2 aromatic rings. The van der Waals surface area contributed by atoms with Gasteiger partial charge in [0.15, 0.2) is 11.6 Å². The van der Waals surface area contributed by atoms with Crippen molar-refractivity contribution in [1.29, 1.82) is 0 Å². The van der Waals surface area contributed by atoms with Gasteiger partial charge in [0.1, 0.15) is 0 Å². The zero-order valence-electron chi connectivity index (χ0n) is 15.2. The number of nitrogens with zero attached hydrogens (tertiary/aromatic N) is 5. The smallest absolute Gasteiger partial charge is 0.247 e. The Kier molecular flexibility index (Phi) is 4.99. The van der Waals surface area contributed by atoms with Crippen LogP contribution in [0.2, 0.25) is 0 Å². The van der Waals surface area contributed by atoms with Crippen LogP contribution in [-0.2, 0) is 16.0 Å². The Morgan fingerprint density at radius 1 is 1.12 bits per heavy atom. The van der Waals surface area contributed by atoms with Gasteiger partial charge in [0.25, 0.3) is 0 Å². The molecule has 2 aliphatic heterocycles. The van der Waals surface area contributed by atoms with Crippen molar-refractivity contribution in [2.24, 2.45) is 0 Å². The van der Waals surface area contributed by atoms with Crippen LogP contribution in [0.5, 0.6) is 0 Å². The fourth-order valence-corrected chi connectivity index (χ4v) is 3.56. The van der Waals surface area contributed by atoms with Crippen molar-refractivity contribution in [1.82, 2.24) is 15.2 Å². The average Bonchev–Trinajstić information content (AvgIpc) is 3.15. The SMILES string of the molecule is CCN(Cc1ccccc1)c1nncc(N2CCC3(CC2)OCCO3)n1. The van der Waals surface area contributed by atoms with Crippen molar-refractivity contribution in [2.45, 2.75) is 32.1 Å². The van der Waals surface area contributed by atoms with Gasteiger partial charge in [0, 0.05) is 39.0 Å². The van der Waals surface area contributed by atoms with E-state index in [-0.39, 0.29) is 5.79 Å². The maximum atomic E-state index is 5.81. The van der Waals surface area contributed by atoms with Crippen LogP contribution in [0.15, 0.2) is 36.5 Å². The number of benzene rings is 1. The molecule has 0 radical (unpaired) electrons. The van der Waals surface area contributed by atoms with E-state index in [0.29, 0.717) is 19.2 Å². The van der Waals surface area contributed by atoms with Crippen LogP contribution in [0.1, 0.15) is 25.3 Å². The van der Waals surface area contributed by atoms with Crippen LogP contribution in [0.3, 0.4) is 0 Å². The number of rotatable bonds is 5. The number of ether oxygens (including phenoxy) is 2. The molecule has 1 spiro atoms. The summed E-state index contributed by atoms with van der Waals surface area (Å²) in [6, 6.07) is 10.4. The molecule has 0 bridgehead atoms. The number of piperidine rings is 1. The van der Waals surface area contributed by atoms with Gasteiger partial charge in [-0.25, -0.2) is 0 Å². The van der Waals surface area contributed by atoms with Gasteiger partial charge in [-0.2, -0.15) is 10.1 Å². The second kappa shape index (κ2) is 7.55. The maximum Gasteiger partial charge on any atom is 0.247 e. The first-order chi connectivity index (χ1) is 12.8. The predicted molar refractivity (Wildman–Crippen MR) is 99.1 cm³/mol. The summed E-state index contributed by atoms with van der Waals surface area (Å²) in [5, 5.41) is 8.46. The van der Waals surface area contributed by atoms with Gasteiger partial charge >= 0.3 is 0 Å². The molecule has 138 valence electrons. The van der Waals surface area contributed by atoms with Crippen molar-refractivity contribution in [2.75, 3.05) is 42.6 Å². The van der Waals surface area contributed by atoms with E-state index >= 15 is 0 Å². The first kappa shape index (κ1) is 17.2. The Morgan fingerprint density at radius 2 is 1.85 bits per heavy atom. The summed E-state index contributed by atoms with van der Waals surface area (Å²) in [6.45, 7) is 6.80. The van der Waals surface area contributed by atoms with Gasteiger partial charge in [-0.05, 0) is 12.5 Å². The molecule has 0 aliphatic carbocycles. The Bertz CT molecular complexity index is 711. The molecule has 26 heavy (non-hydrogen) atoms. The molecular weight excluding hydrogens is 330 g/mol. The van der Waals surface area contributed by atoms with E-state index in [1.54, 1.807) is 6.20 Å². The molecule has 1 aromatic carbocycles. The van der Waals surface area contributed by atoms with Crippen molar-refractivity contribution in [3.8, 4) is 0 Å². The van der Waals surface area contributed by atoms with E-state index in [2.05, 4.69) is 51.2 Å². The Labute approximate surface area is 154 Å². The van der Waals surface area contributed by atoms with Crippen molar-refractivity contribution in [3.63, 3.8) is 0 Å². The largest absolute Gasteiger partial charge is 0.355 e. The Morgan fingerprint density at radius 3 is 2.54 bits per heavy atom. The van der Waals surface area contributed by atoms with Gasteiger partial charge in [-0.3, -0.25) is 0 Å². The van der Waals surface area contributed by atoms with E-state index in [4.69, 9.17) is 14.5 Å². The zero-order chi connectivity index (χ0) is 17.8. The van der Waals surface area contributed by atoms with Gasteiger partial charge in [0.2, 0.25) is 5.95 Å². The molecule has 0 amide bonds. The zero-order valence-corrected chi connectivity index (χ0v) is 15.2. The fourth-order valence-electron chi connectivity index (χ4n) is 3.56. The highest BCUT2D eigenvalue weighted by molar-refractivity contribution is 5.42. The minimum atomic E-state index is -0.372. The summed E-state index contributed by atoms with van der Waals surface area (Å²) in [4.78, 5) is 9.16. The van der Waals surface area contributed by atoms with Crippen molar-refractivity contribution < 1.29 is 9.47 Å². The van der Waals surface area contributed by atoms with Crippen LogP contribution in [0, 0.1) is 0 Å². The van der Waals surface area contributed by atoms with Crippen molar-refractivity contribution in [3.05, 3.63) is 42.1 Å². The summed E-state index contributed by atoms with van der Waals surface area (Å²) in [5.41, 5.74) is 1.23. The highest BCUT2D eigenvalue weighted by Gasteiger charge is 2.40. The molecule has 1 aromatic heterocycles. The van der Waals surface area contributed by atoms with E-state index in [1.165, 1.54) is 5.56 Å². The van der Waals surface area contributed by atoms with Gasteiger partial charge in [-0.15, -0.1) is 5.10 Å². The second-order valence-corrected chi connectivity index (χ2v) is 6.71. The lowest BCUT2D eigenvalue weighted by Gasteiger charge is -2.38. The molecule has 0 unspecified atom stereocenters. The van der Waals surface area contributed by atoms with E-state index < -0.39 is 0 Å². The summed E-state index contributed by atoms with van der Waals surface area (Å²) in [5.74, 6) is 1.17. The monoisotopic (exact) mass is 355 g/mol. The van der Waals surface area contributed by atoms with Crippen LogP contribution < -0.4 is 9.80 Å². The first-order valence-corrected chi connectivity index (χ1v) is 9.29. The summed E-state index contributed by atoms with van der Waals surface area (Å²) in [7, 11) is 0. The Balaban J connectivity index is 1.46. The summed E-state index contributed by atoms with van der Waals surface area (Å²) in [6.07, 6.45) is 3.45. The number of hydrogen-bond donors (Lipinski definition) is 0. The summed E-state index contributed by atoms with van der Waals surface area (Å²) >= 11 is 0. The number of aromatic nitrogens is 3.